The van der Waals surface area contributed by atoms with E-state index in [9.17, 15) is 0 Å². The van der Waals surface area contributed by atoms with Crippen LogP contribution in [0.25, 0.3) is 38.8 Å². The predicted molar refractivity (Wildman–Crippen MR) is 128 cm³/mol. The summed E-state index contributed by atoms with van der Waals surface area (Å²) in [5.41, 5.74) is 4.07. The number of benzene rings is 3. The van der Waals surface area contributed by atoms with Crippen molar-refractivity contribution in [1.82, 2.24) is 14.5 Å². The van der Waals surface area contributed by atoms with Crippen LogP contribution in [0.5, 0.6) is 11.6 Å². The Bertz CT molecular complexity index is 1680. The van der Waals surface area contributed by atoms with Crippen LogP contribution in [0.1, 0.15) is 2.74 Å². The second-order valence-corrected chi connectivity index (χ2v) is 7.42. The van der Waals surface area contributed by atoms with Crippen molar-refractivity contribution in [2.24, 2.45) is 0 Å². The van der Waals surface area contributed by atoms with Crippen LogP contribution in [-0.2, 0) is 0 Å². The van der Waals surface area contributed by atoms with Gasteiger partial charge in [0.2, 0.25) is 5.88 Å². The third-order valence-electron chi connectivity index (χ3n) is 5.46. The highest BCUT2D eigenvalue weighted by atomic mass is 16.5. The third-order valence-corrected chi connectivity index (χ3v) is 5.46. The quantitative estimate of drug-likeness (QED) is 0.310. The second-order valence-electron chi connectivity index (χ2n) is 7.42. The molecule has 0 saturated heterocycles. The Labute approximate surface area is 188 Å². The molecule has 4 heteroatoms. The Morgan fingerprint density at radius 1 is 0.688 bits per heavy atom. The highest BCUT2D eigenvalue weighted by Crippen LogP contribution is 2.35. The van der Waals surface area contributed by atoms with Crippen molar-refractivity contribution in [3.63, 3.8) is 0 Å². The van der Waals surface area contributed by atoms with Gasteiger partial charge in [-0.15, -0.1) is 0 Å². The van der Waals surface area contributed by atoms with E-state index in [4.69, 9.17) is 7.48 Å². The standard InChI is InChI=1S/C28H19N3O/c1-2-11-25-23(10-1)24-15-14-21(19-26(24)31(25)27-12-3-5-16-29-27)20-8-7-9-22(18-20)32-28-13-4-6-17-30-28/h1-19H/i3D,13D. The number of nitrogens with zero attached hydrogens (tertiary/aromatic N) is 3. The second kappa shape index (κ2) is 7.67. The lowest BCUT2D eigenvalue weighted by Gasteiger charge is -2.09. The van der Waals surface area contributed by atoms with Gasteiger partial charge in [0.25, 0.3) is 0 Å². The minimum atomic E-state index is 0.239. The Balaban J connectivity index is 1.50. The van der Waals surface area contributed by atoms with Crippen molar-refractivity contribution in [3.05, 3.63) is 115 Å². The summed E-state index contributed by atoms with van der Waals surface area (Å²) in [6.45, 7) is 0. The van der Waals surface area contributed by atoms with Crippen LogP contribution in [0.3, 0.4) is 0 Å². The predicted octanol–water partition coefficient (Wildman–Crippen LogP) is 7.03. The molecular weight excluding hydrogens is 394 g/mol. The van der Waals surface area contributed by atoms with Gasteiger partial charge in [-0.05, 0) is 53.6 Å². The zero-order valence-corrected chi connectivity index (χ0v) is 17.1. The molecule has 0 unspecified atom stereocenters. The van der Waals surface area contributed by atoms with E-state index in [1.807, 2.05) is 36.4 Å². The molecule has 6 rings (SSSR count). The normalized spacial score (nSPS) is 12.0. The fourth-order valence-corrected chi connectivity index (χ4v) is 4.05. The van der Waals surface area contributed by atoms with Crippen LogP contribution in [0.2, 0.25) is 0 Å². The largest absolute Gasteiger partial charge is 0.439 e. The SMILES string of the molecule is [2H]c1ccnc(-n2c3ccccc3c3ccc(-c4cccc(Oc5ncccc5[2H])c4)cc32)c1. The molecule has 0 aliphatic rings. The highest BCUT2D eigenvalue weighted by molar-refractivity contribution is 6.10. The van der Waals surface area contributed by atoms with E-state index in [0.29, 0.717) is 17.6 Å². The van der Waals surface area contributed by atoms with Gasteiger partial charge in [-0.1, -0.05) is 54.6 Å². The minimum absolute atomic E-state index is 0.239. The van der Waals surface area contributed by atoms with Crippen molar-refractivity contribution in [2.75, 3.05) is 0 Å². The molecule has 0 aliphatic heterocycles. The van der Waals surface area contributed by atoms with Crippen molar-refractivity contribution >= 4 is 21.8 Å². The maximum atomic E-state index is 8.08. The summed E-state index contributed by atoms with van der Waals surface area (Å²) in [5.74, 6) is 1.61. The zero-order chi connectivity index (χ0) is 23.1. The van der Waals surface area contributed by atoms with Gasteiger partial charge in [-0.25, -0.2) is 9.97 Å². The maximum Gasteiger partial charge on any atom is 0.219 e. The first kappa shape index (κ1) is 16.3. The third kappa shape index (κ3) is 3.19. The molecule has 32 heavy (non-hydrogen) atoms. The Morgan fingerprint density at radius 3 is 2.50 bits per heavy atom. The summed E-state index contributed by atoms with van der Waals surface area (Å²) >= 11 is 0. The molecule has 0 aliphatic carbocycles. The summed E-state index contributed by atoms with van der Waals surface area (Å²) < 4.78 is 24.1. The molecule has 0 bridgehead atoms. The van der Waals surface area contributed by atoms with E-state index in [-0.39, 0.29) is 11.9 Å². The fourth-order valence-electron chi connectivity index (χ4n) is 4.05. The number of para-hydroxylation sites is 1. The van der Waals surface area contributed by atoms with E-state index in [2.05, 4.69) is 44.9 Å². The van der Waals surface area contributed by atoms with Crippen molar-refractivity contribution in [2.45, 2.75) is 0 Å². The topological polar surface area (TPSA) is 39.9 Å². The summed E-state index contributed by atoms with van der Waals surface area (Å²) in [6, 6.07) is 29.9. The van der Waals surface area contributed by atoms with Crippen molar-refractivity contribution in [3.8, 4) is 28.6 Å². The molecule has 0 radical (unpaired) electrons. The molecule has 3 aromatic carbocycles. The van der Waals surface area contributed by atoms with Gasteiger partial charge >= 0.3 is 0 Å². The van der Waals surface area contributed by atoms with Crippen molar-refractivity contribution < 1.29 is 7.48 Å². The molecule has 3 heterocycles. The lowest BCUT2D eigenvalue weighted by Crippen LogP contribution is -1.96. The first-order valence-corrected chi connectivity index (χ1v) is 10.3. The van der Waals surface area contributed by atoms with Gasteiger partial charge in [0.1, 0.15) is 11.6 Å². The molecule has 0 N–H and O–H groups in total. The van der Waals surface area contributed by atoms with Gasteiger partial charge < -0.3 is 4.74 Å². The summed E-state index contributed by atoms with van der Waals surface area (Å²) in [7, 11) is 0. The van der Waals surface area contributed by atoms with Crippen LogP contribution in [-0.4, -0.2) is 14.5 Å². The lowest BCUT2D eigenvalue weighted by atomic mass is 10.0. The van der Waals surface area contributed by atoms with E-state index in [1.54, 1.807) is 36.7 Å². The fraction of sp³-hybridized carbons (Fsp3) is 0. The van der Waals surface area contributed by atoms with Gasteiger partial charge in [0, 0.05) is 29.2 Å². The monoisotopic (exact) mass is 415 g/mol. The Kier molecular flexibility index (Phi) is 3.90. The van der Waals surface area contributed by atoms with Gasteiger partial charge in [-0.3, -0.25) is 4.57 Å². The number of pyridine rings is 2. The average Bonchev–Trinajstić information content (AvgIpc) is 3.19. The van der Waals surface area contributed by atoms with E-state index in [1.165, 1.54) is 0 Å². The number of rotatable bonds is 4. The molecule has 4 nitrogen and oxygen atoms in total. The van der Waals surface area contributed by atoms with E-state index in [0.717, 1.165) is 32.9 Å². The lowest BCUT2D eigenvalue weighted by molar-refractivity contribution is 0.463. The number of fused-ring (bicyclic) bond motifs is 3. The number of ether oxygens (including phenoxy) is 1. The molecule has 0 saturated carbocycles. The van der Waals surface area contributed by atoms with Crippen LogP contribution >= 0.6 is 0 Å². The van der Waals surface area contributed by atoms with Crippen LogP contribution < -0.4 is 4.74 Å². The van der Waals surface area contributed by atoms with Gasteiger partial charge in [0.15, 0.2) is 0 Å². The summed E-state index contributed by atoms with van der Waals surface area (Å²) in [4.78, 5) is 8.71. The molecule has 0 fully saturated rings. The van der Waals surface area contributed by atoms with Gasteiger partial charge in [0.05, 0.1) is 13.8 Å². The first-order valence-electron chi connectivity index (χ1n) is 11.3. The van der Waals surface area contributed by atoms with Gasteiger partial charge in [-0.2, -0.15) is 0 Å². The van der Waals surface area contributed by atoms with Crippen LogP contribution in [0, 0.1) is 0 Å². The molecule has 0 amide bonds. The molecule has 0 atom stereocenters. The zero-order valence-electron chi connectivity index (χ0n) is 19.1. The molecular formula is C28H19N3O. The number of hydrogen-bond donors (Lipinski definition) is 0. The van der Waals surface area contributed by atoms with Crippen LogP contribution in [0.4, 0.5) is 0 Å². The molecule has 0 spiro atoms. The molecule has 152 valence electrons. The molecule has 6 aromatic rings. The van der Waals surface area contributed by atoms with E-state index >= 15 is 0 Å². The smallest absolute Gasteiger partial charge is 0.219 e. The Hall–Kier alpha value is -4.44. The van der Waals surface area contributed by atoms with Crippen LogP contribution in [0.15, 0.2) is 115 Å². The Morgan fingerprint density at radius 2 is 1.56 bits per heavy atom. The van der Waals surface area contributed by atoms with Crippen molar-refractivity contribution in [1.29, 1.82) is 0 Å². The summed E-state index contributed by atoms with van der Waals surface area (Å²) in [5, 5.41) is 2.26. The molecule has 3 aromatic heterocycles. The number of hydrogen-bond acceptors (Lipinski definition) is 3. The highest BCUT2D eigenvalue weighted by Gasteiger charge is 2.13. The average molecular weight is 415 g/mol. The maximum absolute atomic E-state index is 8.08. The minimum Gasteiger partial charge on any atom is -0.439 e. The van der Waals surface area contributed by atoms with E-state index < -0.39 is 0 Å². The summed E-state index contributed by atoms with van der Waals surface area (Å²) in [6.07, 6.45) is 3.28. The first-order chi connectivity index (χ1) is 16.7. The number of aromatic nitrogens is 3.